The minimum absolute atomic E-state index is 0.0928. The van der Waals surface area contributed by atoms with E-state index in [0.717, 1.165) is 62.6 Å². The van der Waals surface area contributed by atoms with E-state index >= 15 is 0 Å². The molecule has 0 aromatic heterocycles. The van der Waals surface area contributed by atoms with Gasteiger partial charge in [-0.3, -0.25) is 0 Å². The fraction of sp³-hybridized carbons (Fsp3) is 0.625. The van der Waals surface area contributed by atoms with Gasteiger partial charge >= 0.3 is 0 Å². The number of fused-ring (bicyclic) bond motifs is 1. The van der Waals surface area contributed by atoms with E-state index in [1.54, 1.807) is 0 Å². The molecular weight excluding hydrogens is 254 g/mol. The van der Waals surface area contributed by atoms with E-state index in [1.807, 2.05) is 6.07 Å². The Morgan fingerprint density at radius 2 is 1.90 bits per heavy atom. The van der Waals surface area contributed by atoms with Gasteiger partial charge in [0, 0.05) is 6.42 Å². The van der Waals surface area contributed by atoms with Crippen molar-refractivity contribution in [2.45, 2.75) is 38.4 Å². The summed E-state index contributed by atoms with van der Waals surface area (Å²) >= 11 is 0. The molecule has 2 aliphatic heterocycles. The summed E-state index contributed by atoms with van der Waals surface area (Å²) in [5.74, 6) is 1.70. The van der Waals surface area contributed by atoms with Gasteiger partial charge in [0.1, 0.15) is 0 Å². The lowest BCUT2D eigenvalue weighted by Crippen LogP contribution is -2.33. The minimum Gasteiger partial charge on any atom is -0.490 e. The first-order valence-electron chi connectivity index (χ1n) is 7.58. The summed E-state index contributed by atoms with van der Waals surface area (Å²) in [5.41, 5.74) is 1.16. The van der Waals surface area contributed by atoms with Crippen molar-refractivity contribution in [2.24, 2.45) is 0 Å². The maximum Gasteiger partial charge on any atom is 0.161 e. The number of hydrogen-bond acceptors (Lipinski definition) is 4. The van der Waals surface area contributed by atoms with Crippen molar-refractivity contribution in [3.63, 3.8) is 0 Å². The van der Waals surface area contributed by atoms with Crippen LogP contribution in [0.3, 0.4) is 0 Å². The summed E-state index contributed by atoms with van der Waals surface area (Å²) in [5, 5.41) is 3.36. The lowest BCUT2D eigenvalue weighted by atomic mass is 10.1. The molecule has 0 aliphatic carbocycles. The molecule has 1 atom stereocenters. The second-order valence-corrected chi connectivity index (χ2v) is 5.48. The average molecular weight is 277 g/mol. The molecule has 1 N–H and O–H groups in total. The molecule has 0 spiro atoms. The maximum atomic E-state index is 6.16. The van der Waals surface area contributed by atoms with Crippen molar-refractivity contribution in [1.82, 2.24) is 5.32 Å². The molecular formula is C16H23NO3. The van der Waals surface area contributed by atoms with Crippen LogP contribution in [0.15, 0.2) is 18.2 Å². The van der Waals surface area contributed by atoms with Crippen LogP contribution in [0, 0.1) is 0 Å². The van der Waals surface area contributed by atoms with E-state index in [2.05, 4.69) is 24.4 Å². The van der Waals surface area contributed by atoms with Gasteiger partial charge < -0.3 is 19.5 Å². The van der Waals surface area contributed by atoms with Gasteiger partial charge in [-0.05, 0) is 50.6 Å². The van der Waals surface area contributed by atoms with Crippen LogP contribution >= 0.6 is 0 Å². The predicted octanol–water partition coefficient (Wildman–Crippen LogP) is 2.68. The number of piperidine rings is 1. The summed E-state index contributed by atoms with van der Waals surface area (Å²) < 4.78 is 17.6. The highest BCUT2D eigenvalue weighted by Crippen LogP contribution is 2.33. The Morgan fingerprint density at radius 3 is 2.70 bits per heavy atom. The van der Waals surface area contributed by atoms with Crippen molar-refractivity contribution >= 4 is 0 Å². The van der Waals surface area contributed by atoms with Gasteiger partial charge in [-0.2, -0.15) is 0 Å². The number of benzene rings is 1. The van der Waals surface area contributed by atoms with Gasteiger partial charge in [0.15, 0.2) is 11.5 Å². The molecule has 4 nitrogen and oxygen atoms in total. The third kappa shape index (κ3) is 3.25. The Hall–Kier alpha value is -1.26. The fourth-order valence-electron chi connectivity index (χ4n) is 2.73. The molecule has 0 amide bonds. The molecule has 2 aliphatic rings. The molecule has 1 unspecified atom stereocenters. The quantitative estimate of drug-likeness (QED) is 0.922. The molecule has 2 heterocycles. The van der Waals surface area contributed by atoms with Crippen LogP contribution in [0.1, 0.15) is 37.9 Å². The number of rotatable bonds is 3. The zero-order chi connectivity index (χ0) is 13.8. The second-order valence-electron chi connectivity index (χ2n) is 5.48. The van der Waals surface area contributed by atoms with Crippen LogP contribution in [0.4, 0.5) is 0 Å². The summed E-state index contributed by atoms with van der Waals surface area (Å²) in [6.45, 7) is 5.67. The van der Waals surface area contributed by atoms with Gasteiger partial charge in [-0.1, -0.05) is 6.07 Å². The molecule has 1 aromatic rings. The third-order valence-corrected chi connectivity index (χ3v) is 3.92. The summed E-state index contributed by atoms with van der Waals surface area (Å²) in [4.78, 5) is 0. The summed E-state index contributed by atoms with van der Waals surface area (Å²) in [6, 6.07) is 6.14. The van der Waals surface area contributed by atoms with Crippen LogP contribution in [-0.2, 0) is 4.74 Å². The second kappa shape index (κ2) is 6.46. The first-order valence-corrected chi connectivity index (χ1v) is 7.58. The topological polar surface area (TPSA) is 39.7 Å². The molecule has 1 aromatic carbocycles. The molecule has 20 heavy (non-hydrogen) atoms. The number of ether oxygens (including phenoxy) is 3. The highest BCUT2D eigenvalue weighted by Gasteiger charge is 2.19. The summed E-state index contributed by atoms with van der Waals surface area (Å²) in [6.07, 6.45) is 3.58. The molecule has 0 radical (unpaired) electrons. The molecule has 3 rings (SSSR count). The largest absolute Gasteiger partial charge is 0.490 e. The monoisotopic (exact) mass is 277 g/mol. The first-order chi connectivity index (χ1) is 9.83. The van der Waals surface area contributed by atoms with Crippen LogP contribution in [0.25, 0.3) is 0 Å². The zero-order valence-electron chi connectivity index (χ0n) is 12.1. The lowest BCUT2D eigenvalue weighted by molar-refractivity contribution is -0.0187. The molecule has 110 valence electrons. The van der Waals surface area contributed by atoms with Gasteiger partial charge in [-0.15, -0.1) is 0 Å². The van der Waals surface area contributed by atoms with Gasteiger partial charge in [0.2, 0.25) is 0 Å². The highest BCUT2D eigenvalue weighted by atomic mass is 16.5. The molecule has 1 saturated heterocycles. The van der Waals surface area contributed by atoms with Crippen molar-refractivity contribution in [3.05, 3.63) is 23.8 Å². The zero-order valence-corrected chi connectivity index (χ0v) is 12.1. The van der Waals surface area contributed by atoms with Crippen molar-refractivity contribution in [3.8, 4) is 11.5 Å². The third-order valence-electron chi connectivity index (χ3n) is 3.92. The fourth-order valence-corrected chi connectivity index (χ4v) is 2.73. The van der Waals surface area contributed by atoms with Crippen LogP contribution in [0.5, 0.6) is 11.5 Å². The van der Waals surface area contributed by atoms with Crippen molar-refractivity contribution in [1.29, 1.82) is 0 Å². The standard InChI is InChI=1S/C16H23NO3/c1-12(20-14-5-7-17-8-6-14)13-3-4-15-16(11-13)19-10-2-9-18-15/h3-4,11-12,14,17H,2,5-10H2,1H3. The Kier molecular flexibility index (Phi) is 4.43. The Morgan fingerprint density at radius 1 is 1.15 bits per heavy atom. The van der Waals surface area contributed by atoms with E-state index in [0.29, 0.717) is 6.10 Å². The van der Waals surface area contributed by atoms with E-state index in [-0.39, 0.29) is 6.10 Å². The molecule has 1 fully saturated rings. The van der Waals surface area contributed by atoms with E-state index < -0.39 is 0 Å². The molecule has 0 bridgehead atoms. The Bertz CT molecular complexity index is 443. The first kappa shape index (κ1) is 13.7. The average Bonchev–Trinajstić information content (AvgIpc) is 2.72. The van der Waals surface area contributed by atoms with Gasteiger partial charge in [0.05, 0.1) is 25.4 Å². The van der Waals surface area contributed by atoms with Crippen molar-refractivity contribution < 1.29 is 14.2 Å². The Balaban J connectivity index is 1.67. The van der Waals surface area contributed by atoms with Gasteiger partial charge in [0.25, 0.3) is 0 Å². The molecule has 4 heteroatoms. The van der Waals surface area contributed by atoms with Crippen LogP contribution < -0.4 is 14.8 Å². The van der Waals surface area contributed by atoms with Gasteiger partial charge in [-0.25, -0.2) is 0 Å². The normalized spacial score (nSPS) is 21.2. The number of nitrogens with one attached hydrogen (secondary N) is 1. The maximum absolute atomic E-state index is 6.16. The number of hydrogen-bond donors (Lipinski definition) is 1. The van der Waals surface area contributed by atoms with E-state index in [9.17, 15) is 0 Å². The molecule has 0 saturated carbocycles. The smallest absolute Gasteiger partial charge is 0.161 e. The SMILES string of the molecule is CC(OC1CCNCC1)c1ccc2c(c1)OCCCO2. The lowest BCUT2D eigenvalue weighted by Gasteiger charge is -2.26. The van der Waals surface area contributed by atoms with E-state index in [4.69, 9.17) is 14.2 Å². The van der Waals surface area contributed by atoms with Crippen LogP contribution in [0.2, 0.25) is 0 Å². The predicted molar refractivity (Wildman–Crippen MR) is 77.4 cm³/mol. The van der Waals surface area contributed by atoms with E-state index in [1.165, 1.54) is 0 Å². The Labute approximate surface area is 120 Å². The van der Waals surface area contributed by atoms with Crippen LogP contribution in [-0.4, -0.2) is 32.4 Å². The van der Waals surface area contributed by atoms with Crippen molar-refractivity contribution in [2.75, 3.05) is 26.3 Å². The minimum atomic E-state index is 0.0928. The summed E-state index contributed by atoms with van der Waals surface area (Å²) in [7, 11) is 0. The highest BCUT2D eigenvalue weighted by molar-refractivity contribution is 5.43.